The molecule has 3 aromatic rings. The largest absolute Gasteiger partial charge is 0.497 e. The summed E-state index contributed by atoms with van der Waals surface area (Å²) in [5.41, 5.74) is 2.01. The predicted octanol–water partition coefficient (Wildman–Crippen LogP) is 4.62. The van der Waals surface area contributed by atoms with Crippen LogP contribution in [0.4, 0.5) is 5.69 Å². The van der Waals surface area contributed by atoms with Gasteiger partial charge in [0.25, 0.3) is 0 Å². The van der Waals surface area contributed by atoms with Crippen LogP contribution >= 0.6 is 22.6 Å². The molecule has 0 bridgehead atoms. The number of anilines is 1. The van der Waals surface area contributed by atoms with Crippen molar-refractivity contribution in [1.82, 2.24) is 10.2 Å². The molecular weight excluding hydrogens is 641 g/mol. The van der Waals surface area contributed by atoms with Crippen molar-refractivity contribution in [2.75, 3.05) is 24.2 Å². The fraction of sp³-hybridized carbons (Fsp3) is 0.333. The maximum absolute atomic E-state index is 14.1. The van der Waals surface area contributed by atoms with Crippen molar-refractivity contribution in [1.29, 1.82) is 0 Å². The molecule has 0 fully saturated rings. The molecule has 0 saturated carbocycles. The molecule has 0 unspecified atom stereocenters. The van der Waals surface area contributed by atoms with Crippen LogP contribution < -0.4 is 14.4 Å². The molecule has 0 aromatic heterocycles. The third kappa shape index (κ3) is 8.95. The summed E-state index contributed by atoms with van der Waals surface area (Å²) in [6.07, 6.45) is 2.06. The summed E-state index contributed by atoms with van der Waals surface area (Å²) in [7, 11) is -2.25. The SMILES string of the molecule is CC[C@H](C)NC(=O)[C@H](Cc1ccccc1)N(Cc1cccc(OC)c1)C(=O)CN(c1ccc(I)cc1)S(C)(=O)=O. The van der Waals surface area contributed by atoms with E-state index >= 15 is 0 Å². The number of halogens is 1. The highest BCUT2D eigenvalue weighted by Crippen LogP contribution is 2.22. The first-order valence-electron chi connectivity index (χ1n) is 13.0. The molecule has 2 atom stereocenters. The molecule has 0 aliphatic rings. The minimum Gasteiger partial charge on any atom is -0.497 e. The molecule has 0 radical (unpaired) electrons. The lowest BCUT2D eigenvalue weighted by atomic mass is 10.0. The van der Waals surface area contributed by atoms with E-state index in [1.54, 1.807) is 43.5 Å². The summed E-state index contributed by atoms with van der Waals surface area (Å²) < 4.78 is 33.1. The molecule has 1 N–H and O–H groups in total. The van der Waals surface area contributed by atoms with Gasteiger partial charge in [-0.05, 0) is 83.5 Å². The number of amides is 2. The zero-order valence-corrected chi connectivity index (χ0v) is 26.2. The number of ether oxygens (including phenoxy) is 1. The Morgan fingerprint density at radius 2 is 1.62 bits per heavy atom. The smallest absolute Gasteiger partial charge is 0.244 e. The summed E-state index contributed by atoms with van der Waals surface area (Å²) in [6, 6.07) is 22.7. The Bertz CT molecular complexity index is 1380. The minimum atomic E-state index is -3.81. The van der Waals surface area contributed by atoms with Gasteiger partial charge in [-0.1, -0.05) is 49.4 Å². The molecular formula is C30H36IN3O5S. The van der Waals surface area contributed by atoms with Gasteiger partial charge in [-0.2, -0.15) is 0 Å². The Morgan fingerprint density at radius 3 is 2.23 bits per heavy atom. The fourth-order valence-corrected chi connectivity index (χ4v) is 5.39. The molecule has 214 valence electrons. The van der Waals surface area contributed by atoms with Crippen molar-refractivity contribution in [3.63, 3.8) is 0 Å². The van der Waals surface area contributed by atoms with Crippen LogP contribution in [-0.2, 0) is 32.6 Å². The van der Waals surface area contributed by atoms with E-state index in [4.69, 9.17) is 4.74 Å². The normalized spacial score (nSPS) is 12.7. The van der Waals surface area contributed by atoms with Crippen molar-refractivity contribution in [2.24, 2.45) is 0 Å². The molecule has 0 aliphatic carbocycles. The number of hydrogen-bond acceptors (Lipinski definition) is 5. The van der Waals surface area contributed by atoms with Gasteiger partial charge in [0.2, 0.25) is 21.8 Å². The Balaban J connectivity index is 2.06. The van der Waals surface area contributed by atoms with Gasteiger partial charge in [0.1, 0.15) is 18.3 Å². The lowest BCUT2D eigenvalue weighted by Gasteiger charge is -2.34. The topological polar surface area (TPSA) is 96.0 Å². The lowest BCUT2D eigenvalue weighted by molar-refractivity contribution is -0.140. The third-order valence-corrected chi connectivity index (χ3v) is 8.41. The van der Waals surface area contributed by atoms with Crippen molar-refractivity contribution in [3.8, 4) is 5.75 Å². The van der Waals surface area contributed by atoms with Gasteiger partial charge in [0.15, 0.2) is 0 Å². The molecule has 3 aromatic carbocycles. The molecule has 8 nitrogen and oxygen atoms in total. The van der Waals surface area contributed by atoms with Crippen molar-refractivity contribution >= 4 is 50.1 Å². The first-order chi connectivity index (χ1) is 19.0. The number of carbonyl (C=O) groups is 2. The molecule has 10 heteroatoms. The number of nitrogens with zero attached hydrogens (tertiary/aromatic N) is 2. The number of rotatable bonds is 13. The summed E-state index contributed by atoms with van der Waals surface area (Å²) in [5.74, 6) is -0.174. The Kier molecular flexibility index (Phi) is 11.4. The molecule has 40 heavy (non-hydrogen) atoms. The number of sulfonamides is 1. The molecule has 0 saturated heterocycles. The third-order valence-electron chi connectivity index (χ3n) is 6.55. The van der Waals surface area contributed by atoms with Gasteiger partial charge in [-0.25, -0.2) is 8.42 Å². The van der Waals surface area contributed by atoms with Crippen molar-refractivity contribution < 1.29 is 22.7 Å². The maximum Gasteiger partial charge on any atom is 0.244 e. The zero-order chi connectivity index (χ0) is 29.3. The standard InChI is InChI=1S/C30H36IN3O5S/c1-5-22(2)32-30(36)28(19-23-10-7-6-8-11-23)33(20-24-12-9-13-27(18-24)39-3)29(35)21-34(40(4,37)38)26-16-14-25(31)15-17-26/h6-18,22,28H,5,19-21H2,1-4H3,(H,32,36)/t22-,28-/m0/s1. The van der Waals surface area contributed by atoms with E-state index in [0.29, 0.717) is 11.4 Å². The van der Waals surface area contributed by atoms with E-state index in [2.05, 4.69) is 27.9 Å². The van der Waals surface area contributed by atoms with Gasteiger partial charge >= 0.3 is 0 Å². The van der Waals surface area contributed by atoms with E-state index in [1.165, 1.54) is 4.90 Å². The molecule has 0 heterocycles. The van der Waals surface area contributed by atoms with Crippen LogP contribution in [0, 0.1) is 3.57 Å². The number of nitrogens with one attached hydrogen (secondary N) is 1. The Hall–Kier alpha value is -3.12. The highest BCUT2D eigenvalue weighted by molar-refractivity contribution is 14.1. The van der Waals surface area contributed by atoms with Crippen LogP contribution in [0.25, 0.3) is 0 Å². The zero-order valence-electron chi connectivity index (χ0n) is 23.2. The highest BCUT2D eigenvalue weighted by atomic mass is 127. The molecule has 0 aliphatic heterocycles. The summed E-state index contributed by atoms with van der Waals surface area (Å²) in [5, 5.41) is 3.02. The van der Waals surface area contributed by atoms with E-state index in [0.717, 1.165) is 31.7 Å². The lowest BCUT2D eigenvalue weighted by Crippen LogP contribution is -2.54. The summed E-state index contributed by atoms with van der Waals surface area (Å²) >= 11 is 2.14. The van der Waals surface area contributed by atoms with Crippen LogP contribution in [0.1, 0.15) is 31.4 Å². The average molecular weight is 678 g/mol. The monoisotopic (exact) mass is 677 g/mol. The second-order valence-corrected chi connectivity index (χ2v) is 12.8. The fourth-order valence-electron chi connectivity index (χ4n) is 4.18. The first kappa shape index (κ1) is 31.4. The Labute approximate surface area is 250 Å². The highest BCUT2D eigenvalue weighted by Gasteiger charge is 2.33. The van der Waals surface area contributed by atoms with E-state index < -0.39 is 28.5 Å². The minimum absolute atomic E-state index is 0.0890. The number of methoxy groups -OCH3 is 1. The van der Waals surface area contributed by atoms with E-state index in [1.807, 2.05) is 56.3 Å². The maximum atomic E-state index is 14.1. The van der Waals surface area contributed by atoms with Gasteiger partial charge in [-0.3, -0.25) is 13.9 Å². The van der Waals surface area contributed by atoms with Crippen LogP contribution in [0.5, 0.6) is 5.75 Å². The second-order valence-electron chi connectivity index (χ2n) is 9.64. The van der Waals surface area contributed by atoms with Crippen molar-refractivity contribution in [2.45, 2.75) is 45.3 Å². The summed E-state index contributed by atoms with van der Waals surface area (Å²) in [4.78, 5) is 29.3. The van der Waals surface area contributed by atoms with Gasteiger partial charge in [0.05, 0.1) is 19.1 Å². The van der Waals surface area contributed by atoms with E-state index in [-0.39, 0.29) is 24.9 Å². The predicted molar refractivity (Wildman–Crippen MR) is 167 cm³/mol. The number of hydrogen-bond donors (Lipinski definition) is 1. The number of benzene rings is 3. The van der Waals surface area contributed by atoms with Crippen molar-refractivity contribution in [3.05, 3.63) is 93.6 Å². The molecule has 0 spiro atoms. The Morgan fingerprint density at radius 1 is 0.975 bits per heavy atom. The van der Waals surface area contributed by atoms with Crippen LogP contribution in [0.2, 0.25) is 0 Å². The van der Waals surface area contributed by atoms with Crippen LogP contribution in [0.15, 0.2) is 78.9 Å². The quantitative estimate of drug-likeness (QED) is 0.267. The molecule has 3 rings (SSSR count). The van der Waals surface area contributed by atoms with Crippen LogP contribution in [0.3, 0.4) is 0 Å². The van der Waals surface area contributed by atoms with Gasteiger partial charge < -0.3 is 15.0 Å². The van der Waals surface area contributed by atoms with Crippen LogP contribution in [-0.4, -0.2) is 57.1 Å². The van der Waals surface area contributed by atoms with Gasteiger partial charge in [0, 0.05) is 22.6 Å². The second kappa shape index (κ2) is 14.5. The van der Waals surface area contributed by atoms with Gasteiger partial charge in [-0.15, -0.1) is 0 Å². The average Bonchev–Trinajstić information content (AvgIpc) is 2.94. The molecule has 2 amide bonds. The first-order valence-corrected chi connectivity index (χ1v) is 15.9. The van der Waals surface area contributed by atoms with E-state index in [9.17, 15) is 18.0 Å². The number of carbonyl (C=O) groups excluding carboxylic acids is 2. The summed E-state index contributed by atoms with van der Waals surface area (Å²) in [6.45, 7) is 3.52.